The Bertz CT molecular complexity index is 1120. The molecule has 28 heavy (non-hydrogen) atoms. The predicted molar refractivity (Wildman–Crippen MR) is 112 cm³/mol. The summed E-state index contributed by atoms with van der Waals surface area (Å²) >= 11 is 0. The van der Waals surface area contributed by atoms with E-state index < -0.39 is 0 Å². The van der Waals surface area contributed by atoms with Crippen LogP contribution in [-0.2, 0) is 4.79 Å². The lowest BCUT2D eigenvalue weighted by Gasteiger charge is -2.12. The van der Waals surface area contributed by atoms with Gasteiger partial charge in [0, 0.05) is 6.07 Å². The summed E-state index contributed by atoms with van der Waals surface area (Å²) in [5.74, 6) is 0.915. The lowest BCUT2D eigenvalue weighted by Crippen LogP contribution is -2.19. The van der Waals surface area contributed by atoms with E-state index in [9.17, 15) is 4.79 Å². The predicted octanol–water partition coefficient (Wildman–Crippen LogP) is 4.98. The van der Waals surface area contributed by atoms with Crippen LogP contribution in [0.25, 0.3) is 22.0 Å². The number of ether oxygens (including phenoxy) is 1. The van der Waals surface area contributed by atoms with Crippen LogP contribution < -0.4 is 10.1 Å². The lowest BCUT2D eigenvalue weighted by atomic mass is 9.97. The number of hydrogen-bond donors (Lipinski definition) is 2. The van der Waals surface area contributed by atoms with Gasteiger partial charge in [0.1, 0.15) is 5.75 Å². The van der Waals surface area contributed by atoms with Crippen LogP contribution in [0.2, 0.25) is 0 Å². The largest absolute Gasteiger partial charge is 0.497 e. The summed E-state index contributed by atoms with van der Waals surface area (Å²) in [6.07, 6.45) is 0. The third-order valence-corrected chi connectivity index (χ3v) is 4.90. The summed E-state index contributed by atoms with van der Waals surface area (Å²) in [5.41, 5.74) is 2.77. The minimum absolute atomic E-state index is 0.0944. The molecule has 0 bridgehead atoms. The van der Waals surface area contributed by atoms with E-state index in [0.717, 1.165) is 33.3 Å². The van der Waals surface area contributed by atoms with Crippen molar-refractivity contribution < 1.29 is 9.53 Å². The molecule has 4 rings (SSSR count). The molecule has 0 radical (unpaired) electrons. The van der Waals surface area contributed by atoms with Gasteiger partial charge in [-0.2, -0.15) is 5.10 Å². The molecule has 4 aromatic rings. The fraction of sp³-hybridized carbons (Fsp3) is 0.130. The van der Waals surface area contributed by atoms with Crippen molar-refractivity contribution in [2.24, 2.45) is 0 Å². The van der Waals surface area contributed by atoms with Gasteiger partial charge in [0.2, 0.25) is 5.91 Å². The van der Waals surface area contributed by atoms with E-state index in [-0.39, 0.29) is 11.8 Å². The van der Waals surface area contributed by atoms with Crippen molar-refractivity contribution in [2.75, 3.05) is 12.4 Å². The van der Waals surface area contributed by atoms with Crippen molar-refractivity contribution in [3.8, 4) is 17.0 Å². The Morgan fingerprint density at radius 2 is 1.75 bits per heavy atom. The first kappa shape index (κ1) is 17.8. The molecular weight excluding hydrogens is 350 g/mol. The number of aromatic amines is 1. The molecule has 1 amide bonds. The Morgan fingerprint density at radius 3 is 2.50 bits per heavy atom. The number of carbonyl (C=O) groups is 1. The van der Waals surface area contributed by atoms with Crippen molar-refractivity contribution >= 4 is 22.5 Å². The van der Waals surface area contributed by atoms with Crippen molar-refractivity contribution in [1.82, 2.24) is 10.2 Å². The van der Waals surface area contributed by atoms with Gasteiger partial charge in [0.15, 0.2) is 5.82 Å². The fourth-order valence-electron chi connectivity index (χ4n) is 3.17. The molecule has 5 heteroatoms. The number of aromatic nitrogens is 2. The molecular formula is C23H21N3O2. The molecule has 1 heterocycles. The van der Waals surface area contributed by atoms with Gasteiger partial charge in [0.25, 0.3) is 0 Å². The van der Waals surface area contributed by atoms with Gasteiger partial charge in [-0.1, -0.05) is 42.5 Å². The molecule has 0 aliphatic rings. The summed E-state index contributed by atoms with van der Waals surface area (Å²) in [4.78, 5) is 12.7. The van der Waals surface area contributed by atoms with Gasteiger partial charge in [-0.25, -0.2) is 0 Å². The molecule has 3 aromatic carbocycles. The number of fused-ring (bicyclic) bond motifs is 1. The molecule has 0 fully saturated rings. The Hall–Kier alpha value is -3.60. The quantitative estimate of drug-likeness (QED) is 0.520. The normalized spacial score (nSPS) is 11.9. The minimum atomic E-state index is -0.286. The van der Waals surface area contributed by atoms with Crippen molar-refractivity contribution in [2.45, 2.75) is 12.8 Å². The summed E-state index contributed by atoms with van der Waals surface area (Å²) in [6.45, 7) is 1.90. The molecule has 0 saturated heterocycles. The third-order valence-electron chi connectivity index (χ3n) is 4.90. The fourth-order valence-corrected chi connectivity index (χ4v) is 3.17. The molecule has 1 unspecified atom stereocenters. The highest BCUT2D eigenvalue weighted by Crippen LogP contribution is 2.25. The zero-order valence-corrected chi connectivity index (χ0v) is 15.8. The van der Waals surface area contributed by atoms with E-state index in [1.54, 1.807) is 7.11 Å². The summed E-state index contributed by atoms with van der Waals surface area (Å²) < 4.78 is 5.18. The standard InChI is InChI=1S/C23H21N3O2/c1-15(18-8-7-16-5-3-4-6-19(16)13-18)23(27)24-22-14-21(25-26-22)17-9-11-20(28-2)12-10-17/h3-15H,1-2H3,(H2,24,25,26,27). The van der Waals surface area contributed by atoms with Gasteiger partial charge >= 0.3 is 0 Å². The Balaban J connectivity index is 1.48. The third kappa shape index (κ3) is 3.60. The van der Waals surface area contributed by atoms with Gasteiger partial charge in [-0.3, -0.25) is 9.89 Å². The van der Waals surface area contributed by atoms with Crippen LogP contribution in [0, 0.1) is 0 Å². The molecule has 1 atom stereocenters. The zero-order chi connectivity index (χ0) is 19.5. The topological polar surface area (TPSA) is 67.0 Å². The number of nitrogens with zero attached hydrogens (tertiary/aromatic N) is 1. The van der Waals surface area contributed by atoms with Gasteiger partial charge in [0.05, 0.1) is 18.7 Å². The molecule has 0 aliphatic carbocycles. The zero-order valence-electron chi connectivity index (χ0n) is 15.8. The van der Waals surface area contributed by atoms with Crippen LogP contribution in [0.4, 0.5) is 5.82 Å². The van der Waals surface area contributed by atoms with Crippen molar-refractivity contribution in [3.63, 3.8) is 0 Å². The van der Waals surface area contributed by atoms with Gasteiger partial charge in [-0.15, -0.1) is 0 Å². The van der Waals surface area contributed by atoms with E-state index >= 15 is 0 Å². The number of rotatable bonds is 5. The van der Waals surface area contributed by atoms with Crippen LogP contribution >= 0.6 is 0 Å². The second-order valence-electron chi connectivity index (χ2n) is 6.71. The Morgan fingerprint density at radius 1 is 1.00 bits per heavy atom. The van der Waals surface area contributed by atoms with Crippen molar-refractivity contribution in [3.05, 3.63) is 78.4 Å². The molecule has 0 saturated carbocycles. The Labute approximate surface area is 163 Å². The van der Waals surface area contributed by atoms with Crippen LogP contribution in [0.5, 0.6) is 5.75 Å². The lowest BCUT2D eigenvalue weighted by molar-refractivity contribution is -0.117. The SMILES string of the molecule is COc1ccc(-c2cc(NC(=O)C(C)c3ccc4ccccc4c3)n[nH]2)cc1. The molecule has 5 nitrogen and oxygen atoms in total. The number of anilines is 1. The number of benzene rings is 3. The van der Waals surface area contributed by atoms with E-state index in [0.29, 0.717) is 5.82 Å². The summed E-state index contributed by atoms with van der Waals surface area (Å²) in [5, 5.41) is 12.4. The van der Waals surface area contributed by atoms with Crippen LogP contribution in [0.1, 0.15) is 18.4 Å². The first-order chi connectivity index (χ1) is 13.6. The average molecular weight is 371 g/mol. The molecule has 2 N–H and O–H groups in total. The van der Waals surface area contributed by atoms with Gasteiger partial charge < -0.3 is 10.1 Å². The number of H-pyrrole nitrogens is 1. The maximum Gasteiger partial charge on any atom is 0.232 e. The molecule has 0 spiro atoms. The number of hydrogen-bond acceptors (Lipinski definition) is 3. The second-order valence-corrected chi connectivity index (χ2v) is 6.71. The summed E-state index contributed by atoms with van der Waals surface area (Å²) in [7, 11) is 1.63. The minimum Gasteiger partial charge on any atom is -0.497 e. The monoisotopic (exact) mass is 371 g/mol. The van der Waals surface area contributed by atoms with Gasteiger partial charge in [-0.05, 0) is 53.1 Å². The van der Waals surface area contributed by atoms with Crippen LogP contribution in [0.15, 0.2) is 72.8 Å². The van der Waals surface area contributed by atoms with E-state index in [2.05, 4.69) is 33.7 Å². The van der Waals surface area contributed by atoms with Crippen molar-refractivity contribution in [1.29, 1.82) is 0 Å². The molecule has 140 valence electrons. The smallest absolute Gasteiger partial charge is 0.232 e. The average Bonchev–Trinajstić information content (AvgIpc) is 3.21. The first-order valence-corrected chi connectivity index (χ1v) is 9.13. The van der Waals surface area contributed by atoms with E-state index in [1.165, 1.54) is 0 Å². The van der Waals surface area contributed by atoms with Crippen LogP contribution in [-0.4, -0.2) is 23.2 Å². The summed E-state index contributed by atoms with van der Waals surface area (Å²) in [6, 6.07) is 23.7. The highest BCUT2D eigenvalue weighted by Gasteiger charge is 2.17. The second kappa shape index (κ2) is 7.56. The highest BCUT2D eigenvalue weighted by atomic mass is 16.5. The highest BCUT2D eigenvalue weighted by molar-refractivity contribution is 5.96. The number of nitrogens with one attached hydrogen (secondary N) is 2. The number of carbonyl (C=O) groups excluding carboxylic acids is 1. The maximum atomic E-state index is 12.7. The number of methoxy groups -OCH3 is 1. The van der Waals surface area contributed by atoms with Crippen LogP contribution in [0.3, 0.4) is 0 Å². The molecule has 1 aromatic heterocycles. The Kier molecular flexibility index (Phi) is 4.81. The first-order valence-electron chi connectivity index (χ1n) is 9.13. The van der Waals surface area contributed by atoms with E-state index in [1.807, 2.05) is 61.5 Å². The maximum absolute atomic E-state index is 12.7. The number of amides is 1. The molecule has 0 aliphatic heterocycles. The van der Waals surface area contributed by atoms with E-state index in [4.69, 9.17) is 4.74 Å².